The van der Waals surface area contributed by atoms with E-state index in [1.54, 1.807) is 18.2 Å². The summed E-state index contributed by atoms with van der Waals surface area (Å²) in [5.74, 6) is 0.930. The van der Waals surface area contributed by atoms with E-state index in [9.17, 15) is 8.42 Å². The number of halogens is 1. The largest absolute Gasteiger partial charge is 0.497 e. The molecule has 0 unspecified atom stereocenters. The molecular formula is C13H14BrNO5S. The van der Waals surface area contributed by atoms with Crippen LogP contribution in [-0.4, -0.2) is 20.6 Å². The normalized spacial score (nSPS) is 11.4. The van der Waals surface area contributed by atoms with E-state index in [-0.39, 0.29) is 23.0 Å². The number of aliphatic hydroxyl groups excluding tert-OH is 1. The number of ether oxygens (including phenoxy) is 1. The lowest BCUT2D eigenvalue weighted by Gasteiger charge is -2.10. The number of anilines is 1. The Morgan fingerprint density at radius 3 is 2.67 bits per heavy atom. The molecule has 114 valence electrons. The van der Waals surface area contributed by atoms with Crippen molar-refractivity contribution in [2.24, 2.45) is 0 Å². The molecule has 2 N–H and O–H groups in total. The van der Waals surface area contributed by atoms with Gasteiger partial charge in [-0.2, -0.15) is 0 Å². The van der Waals surface area contributed by atoms with E-state index in [0.29, 0.717) is 15.9 Å². The highest BCUT2D eigenvalue weighted by Gasteiger charge is 2.22. The minimum Gasteiger partial charge on any atom is -0.497 e. The van der Waals surface area contributed by atoms with E-state index >= 15 is 0 Å². The molecule has 6 nitrogen and oxygen atoms in total. The van der Waals surface area contributed by atoms with Crippen molar-refractivity contribution in [3.05, 3.63) is 40.3 Å². The van der Waals surface area contributed by atoms with Gasteiger partial charge in [0.1, 0.15) is 28.8 Å². The number of rotatable bonds is 5. The minimum atomic E-state index is -3.82. The summed E-state index contributed by atoms with van der Waals surface area (Å²) < 4.78 is 38.0. The Hall–Kier alpha value is -1.51. The molecule has 0 atom stereocenters. The fraction of sp³-hybridized carbons (Fsp3) is 0.231. The van der Waals surface area contributed by atoms with Gasteiger partial charge in [-0.15, -0.1) is 0 Å². The van der Waals surface area contributed by atoms with Crippen molar-refractivity contribution in [2.75, 3.05) is 11.8 Å². The molecule has 0 bridgehead atoms. The number of hydrogen-bond acceptors (Lipinski definition) is 5. The fourth-order valence-corrected chi connectivity index (χ4v) is 3.53. The van der Waals surface area contributed by atoms with Crippen molar-refractivity contribution in [3.8, 4) is 5.75 Å². The van der Waals surface area contributed by atoms with Gasteiger partial charge in [0.15, 0.2) is 0 Å². The third-order valence-corrected chi connectivity index (χ3v) is 4.95. The minimum absolute atomic E-state index is 0.0127. The second-order valence-corrected chi connectivity index (χ2v) is 6.75. The second kappa shape index (κ2) is 6.08. The first-order valence-corrected chi connectivity index (χ1v) is 8.21. The maximum Gasteiger partial charge on any atom is 0.265 e. The number of aliphatic hydroxyl groups is 1. The molecule has 0 fully saturated rings. The van der Waals surface area contributed by atoms with Crippen molar-refractivity contribution in [3.63, 3.8) is 0 Å². The van der Waals surface area contributed by atoms with Crippen molar-refractivity contribution >= 4 is 31.6 Å². The van der Waals surface area contributed by atoms with Crippen LogP contribution in [0.25, 0.3) is 0 Å². The Balaban J connectivity index is 2.39. The van der Waals surface area contributed by atoms with Crippen molar-refractivity contribution < 1.29 is 22.7 Å². The first-order chi connectivity index (χ1) is 9.87. The number of hydrogen-bond donors (Lipinski definition) is 2. The standard InChI is InChI=1S/C13H14BrNO5S/c1-8-13(6-10(7-16)20-8)21(17,18)15-12-5-9(19-2)3-4-11(12)14/h3-6,15-16H,7H2,1-2H3. The van der Waals surface area contributed by atoms with Gasteiger partial charge in [-0.05, 0) is 35.0 Å². The van der Waals surface area contributed by atoms with Gasteiger partial charge in [-0.1, -0.05) is 0 Å². The molecular weight excluding hydrogens is 362 g/mol. The van der Waals surface area contributed by atoms with Crippen LogP contribution < -0.4 is 9.46 Å². The fourth-order valence-electron chi connectivity index (χ4n) is 1.78. The smallest absolute Gasteiger partial charge is 0.265 e. The number of methoxy groups -OCH3 is 1. The molecule has 0 aliphatic rings. The molecule has 0 saturated carbocycles. The van der Waals surface area contributed by atoms with E-state index < -0.39 is 10.0 Å². The average molecular weight is 376 g/mol. The first-order valence-electron chi connectivity index (χ1n) is 5.94. The van der Waals surface area contributed by atoms with E-state index in [0.717, 1.165) is 0 Å². The van der Waals surface area contributed by atoms with Crippen LogP contribution >= 0.6 is 15.9 Å². The van der Waals surface area contributed by atoms with Crippen molar-refractivity contribution in [1.29, 1.82) is 0 Å². The SMILES string of the molecule is COc1ccc(Br)c(NS(=O)(=O)c2cc(CO)oc2C)c1. The first kappa shape index (κ1) is 15.9. The van der Waals surface area contributed by atoms with Gasteiger partial charge >= 0.3 is 0 Å². The maximum atomic E-state index is 12.4. The third kappa shape index (κ3) is 3.39. The summed E-state index contributed by atoms with van der Waals surface area (Å²) in [5, 5.41) is 9.01. The molecule has 1 aromatic carbocycles. The van der Waals surface area contributed by atoms with E-state index in [1.807, 2.05) is 0 Å². The van der Waals surface area contributed by atoms with Gasteiger partial charge in [0.25, 0.3) is 10.0 Å². The van der Waals surface area contributed by atoms with E-state index in [4.69, 9.17) is 14.3 Å². The van der Waals surface area contributed by atoms with Crippen LogP contribution in [0.5, 0.6) is 5.75 Å². The Morgan fingerprint density at radius 2 is 2.10 bits per heavy atom. The average Bonchev–Trinajstić information content (AvgIpc) is 2.83. The van der Waals surface area contributed by atoms with Gasteiger partial charge in [-0.25, -0.2) is 8.42 Å². The zero-order valence-corrected chi connectivity index (χ0v) is 13.8. The highest BCUT2D eigenvalue weighted by Crippen LogP contribution is 2.30. The molecule has 2 aromatic rings. The zero-order valence-electron chi connectivity index (χ0n) is 11.4. The lowest BCUT2D eigenvalue weighted by Crippen LogP contribution is -2.13. The maximum absolute atomic E-state index is 12.4. The number of benzene rings is 1. The summed E-state index contributed by atoms with van der Waals surface area (Å²) in [7, 11) is -2.33. The highest BCUT2D eigenvalue weighted by atomic mass is 79.9. The molecule has 8 heteroatoms. The van der Waals surface area contributed by atoms with Gasteiger partial charge < -0.3 is 14.3 Å². The van der Waals surface area contributed by atoms with Crippen LogP contribution in [0.4, 0.5) is 5.69 Å². The lowest BCUT2D eigenvalue weighted by atomic mass is 10.3. The summed E-state index contributed by atoms with van der Waals surface area (Å²) in [6, 6.07) is 6.24. The molecule has 0 amide bonds. The molecule has 0 aliphatic heterocycles. The van der Waals surface area contributed by atoms with Crippen LogP contribution in [0.3, 0.4) is 0 Å². The van der Waals surface area contributed by atoms with Crippen LogP contribution in [-0.2, 0) is 16.6 Å². The van der Waals surface area contributed by atoms with Crippen molar-refractivity contribution in [1.82, 2.24) is 0 Å². The second-order valence-electron chi connectivity index (χ2n) is 4.24. The van der Waals surface area contributed by atoms with Gasteiger partial charge in [-0.3, -0.25) is 4.72 Å². The Kier molecular flexibility index (Phi) is 4.60. The quantitative estimate of drug-likeness (QED) is 0.838. The summed E-state index contributed by atoms with van der Waals surface area (Å²) in [5.41, 5.74) is 0.348. The lowest BCUT2D eigenvalue weighted by molar-refractivity contribution is 0.245. The van der Waals surface area contributed by atoms with E-state index in [2.05, 4.69) is 20.7 Å². The number of furan rings is 1. The summed E-state index contributed by atoms with van der Waals surface area (Å²) >= 11 is 3.28. The molecule has 0 spiro atoms. The Labute approximate surface area is 130 Å². The van der Waals surface area contributed by atoms with Gasteiger partial charge in [0.2, 0.25) is 0 Å². The summed E-state index contributed by atoms with van der Waals surface area (Å²) in [6.07, 6.45) is 0. The Morgan fingerprint density at radius 1 is 1.38 bits per heavy atom. The van der Waals surface area contributed by atoms with Crippen LogP contribution in [0.2, 0.25) is 0 Å². The number of aryl methyl sites for hydroxylation is 1. The topological polar surface area (TPSA) is 88.8 Å². The van der Waals surface area contributed by atoms with Gasteiger partial charge in [0.05, 0.1) is 12.8 Å². The molecule has 0 aliphatic carbocycles. The molecule has 1 aromatic heterocycles. The summed E-state index contributed by atoms with van der Waals surface area (Å²) in [4.78, 5) is -0.0127. The number of nitrogens with one attached hydrogen (secondary N) is 1. The predicted molar refractivity (Wildman–Crippen MR) is 80.9 cm³/mol. The molecule has 0 radical (unpaired) electrons. The van der Waals surface area contributed by atoms with Gasteiger partial charge in [0, 0.05) is 16.6 Å². The third-order valence-electron chi connectivity index (χ3n) is 2.79. The molecule has 2 rings (SSSR count). The number of sulfonamides is 1. The predicted octanol–water partition coefficient (Wildman–Crippen LogP) is 2.65. The molecule has 1 heterocycles. The highest BCUT2D eigenvalue weighted by molar-refractivity contribution is 9.10. The van der Waals surface area contributed by atoms with E-state index in [1.165, 1.54) is 20.1 Å². The van der Waals surface area contributed by atoms with Crippen molar-refractivity contribution in [2.45, 2.75) is 18.4 Å². The molecule has 0 saturated heterocycles. The van der Waals surface area contributed by atoms with Crippen LogP contribution in [0, 0.1) is 6.92 Å². The Bertz CT molecular complexity index is 754. The monoisotopic (exact) mass is 375 g/mol. The zero-order chi connectivity index (χ0) is 15.6. The van der Waals surface area contributed by atoms with Crippen LogP contribution in [0.15, 0.2) is 38.1 Å². The molecule has 21 heavy (non-hydrogen) atoms. The summed E-state index contributed by atoms with van der Waals surface area (Å²) in [6.45, 7) is 1.16. The van der Waals surface area contributed by atoms with Crippen LogP contribution in [0.1, 0.15) is 11.5 Å².